The summed E-state index contributed by atoms with van der Waals surface area (Å²) < 4.78 is 27.1. The molecule has 0 saturated carbocycles. The Balaban J connectivity index is 1.85. The minimum atomic E-state index is -3.43. The molecule has 0 aromatic carbocycles. The average Bonchev–Trinajstić information content (AvgIpc) is 2.84. The van der Waals surface area contributed by atoms with Crippen LogP contribution in [0.5, 0.6) is 0 Å². The van der Waals surface area contributed by atoms with E-state index in [1.807, 2.05) is 39.0 Å². The van der Waals surface area contributed by atoms with Crippen molar-refractivity contribution < 1.29 is 8.42 Å². The van der Waals surface area contributed by atoms with Crippen LogP contribution < -0.4 is 10.0 Å². The molecule has 22 heavy (non-hydrogen) atoms. The number of pyridine rings is 1. The van der Waals surface area contributed by atoms with Gasteiger partial charge in [-0.1, -0.05) is 6.07 Å². The number of sulfonamides is 1. The lowest BCUT2D eigenvalue weighted by Gasteiger charge is -2.13. The Labute approximate surface area is 135 Å². The minimum Gasteiger partial charge on any atom is -0.308 e. The molecule has 0 bridgehead atoms. The molecule has 7 heteroatoms. The fourth-order valence-corrected chi connectivity index (χ4v) is 4.75. The molecule has 2 heterocycles. The molecule has 2 rings (SSSR count). The van der Waals surface area contributed by atoms with E-state index in [2.05, 4.69) is 15.0 Å². The molecule has 0 aliphatic rings. The van der Waals surface area contributed by atoms with Gasteiger partial charge in [0.15, 0.2) is 0 Å². The van der Waals surface area contributed by atoms with Gasteiger partial charge in [0.1, 0.15) is 0 Å². The first-order valence-electron chi connectivity index (χ1n) is 7.11. The van der Waals surface area contributed by atoms with Gasteiger partial charge in [-0.25, -0.2) is 13.1 Å². The van der Waals surface area contributed by atoms with Crippen LogP contribution in [0.15, 0.2) is 35.4 Å². The van der Waals surface area contributed by atoms with E-state index in [0.29, 0.717) is 18.0 Å². The lowest BCUT2D eigenvalue weighted by molar-refractivity contribution is 0.546. The van der Waals surface area contributed by atoms with Crippen LogP contribution in [0.25, 0.3) is 0 Å². The largest absolute Gasteiger partial charge is 0.308 e. The van der Waals surface area contributed by atoms with Crippen LogP contribution in [-0.2, 0) is 10.0 Å². The van der Waals surface area contributed by atoms with E-state index in [4.69, 9.17) is 0 Å². The highest BCUT2D eigenvalue weighted by atomic mass is 32.2. The molecule has 2 aromatic heterocycles. The fourth-order valence-electron chi connectivity index (χ4n) is 2.16. The van der Waals surface area contributed by atoms with Gasteiger partial charge < -0.3 is 5.32 Å². The standard InChI is InChI=1S/C15H21N3O2S2/c1-11-10-15(13(3)21-11)22(19,20)18-9-8-16-12(2)14-6-4-5-7-17-14/h4-7,10,12,16,18H,8-9H2,1-3H3/t12-/m1/s1. The van der Waals surface area contributed by atoms with Crippen molar-refractivity contribution in [3.63, 3.8) is 0 Å². The molecule has 0 spiro atoms. The smallest absolute Gasteiger partial charge is 0.241 e. The Kier molecular flexibility index (Phi) is 5.69. The zero-order chi connectivity index (χ0) is 16.2. The molecule has 2 N–H and O–H groups in total. The van der Waals surface area contributed by atoms with Crippen LogP contribution in [0.2, 0.25) is 0 Å². The predicted molar refractivity (Wildman–Crippen MR) is 89.6 cm³/mol. The monoisotopic (exact) mass is 339 g/mol. The van der Waals surface area contributed by atoms with E-state index < -0.39 is 10.0 Å². The second-order valence-electron chi connectivity index (χ2n) is 5.11. The van der Waals surface area contributed by atoms with Crippen LogP contribution in [0.3, 0.4) is 0 Å². The average molecular weight is 339 g/mol. The Morgan fingerprint density at radius 3 is 2.64 bits per heavy atom. The minimum absolute atomic E-state index is 0.0795. The number of hydrogen-bond acceptors (Lipinski definition) is 5. The van der Waals surface area contributed by atoms with Gasteiger partial charge in [0.25, 0.3) is 0 Å². The van der Waals surface area contributed by atoms with Crippen LogP contribution >= 0.6 is 11.3 Å². The number of hydrogen-bond donors (Lipinski definition) is 2. The molecule has 0 amide bonds. The topological polar surface area (TPSA) is 71.1 Å². The van der Waals surface area contributed by atoms with E-state index in [1.165, 1.54) is 11.3 Å². The molecule has 0 fully saturated rings. The van der Waals surface area contributed by atoms with E-state index in [1.54, 1.807) is 12.3 Å². The van der Waals surface area contributed by atoms with Gasteiger partial charge in [-0.05, 0) is 39.0 Å². The number of nitrogens with zero attached hydrogens (tertiary/aromatic N) is 1. The SMILES string of the molecule is Cc1cc(S(=O)(=O)NCCN[C@H](C)c2ccccn2)c(C)s1. The second kappa shape index (κ2) is 7.32. The summed E-state index contributed by atoms with van der Waals surface area (Å²) in [5.41, 5.74) is 0.940. The highest BCUT2D eigenvalue weighted by Crippen LogP contribution is 2.24. The van der Waals surface area contributed by atoms with E-state index >= 15 is 0 Å². The first kappa shape index (κ1) is 17.1. The Morgan fingerprint density at radius 2 is 2.05 bits per heavy atom. The lowest BCUT2D eigenvalue weighted by atomic mass is 10.2. The summed E-state index contributed by atoms with van der Waals surface area (Å²) in [6.45, 7) is 6.62. The summed E-state index contributed by atoms with van der Waals surface area (Å²) in [5.74, 6) is 0. The maximum Gasteiger partial charge on any atom is 0.241 e. The molecule has 2 aromatic rings. The molecule has 5 nitrogen and oxygen atoms in total. The number of aromatic nitrogens is 1. The highest BCUT2D eigenvalue weighted by Gasteiger charge is 2.18. The van der Waals surface area contributed by atoms with Gasteiger partial charge in [0, 0.05) is 35.1 Å². The molecule has 0 unspecified atom stereocenters. The van der Waals surface area contributed by atoms with Crippen molar-refractivity contribution in [2.75, 3.05) is 13.1 Å². The third-order valence-electron chi connectivity index (χ3n) is 3.28. The van der Waals surface area contributed by atoms with Gasteiger partial charge in [0.2, 0.25) is 10.0 Å². The zero-order valence-corrected chi connectivity index (χ0v) is 14.6. The van der Waals surface area contributed by atoms with Gasteiger partial charge in [-0.2, -0.15) is 0 Å². The normalized spacial score (nSPS) is 13.2. The van der Waals surface area contributed by atoms with Crippen LogP contribution in [0.4, 0.5) is 0 Å². The molecule has 0 aliphatic heterocycles. The molecule has 1 atom stereocenters. The third kappa shape index (κ3) is 4.36. The number of thiophene rings is 1. The Morgan fingerprint density at radius 1 is 1.27 bits per heavy atom. The summed E-state index contributed by atoms with van der Waals surface area (Å²) in [5, 5.41) is 3.26. The second-order valence-corrected chi connectivity index (χ2v) is 8.30. The maximum atomic E-state index is 12.2. The van der Waals surface area contributed by atoms with Crippen molar-refractivity contribution >= 4 is 21.4 Å². The van der Waals surface area contributed by atoms with Crippen LogP contribution in [0, 0.1) is 13.8 Å². The van der Waals surface area contributed by atoms with Crippen molar-refractivity contribution in [1.29, 1.82) is 0 Å². The summed E-state index contributed by atoms with van der Waals surface area (Å²) in [7, 11) is -3.43. The summed E-state index contributed by atoms with van der Waals surface area (Å²) in [6.07, 6.45) is 1.75. The van der Waals surface area contributed by atoms with Crippen molar-refractivity contribution in [3.8, 4) is 0 Å². The quantitative estimate of drug-likeness (QED) is 0.760. The van der Waals surface area contributed by atoms with Gasteiger partial charge >= 0.3 is 0 Å². The number of aryl methyl sites for hydroxylation is 2. The van der Waals surface area contributed by atoms with Crippen LogP contribution in [-0.4, -0.2) is 26.5 Å². The van der Waals surface area contributed by atoms with Gasteiger partial charge in [0.05, 0.1) is 10.6 Å². The highest BCUT2D eigenvalue weighted by molar-refractivity contribution is 7.89. The summed E-state index contributed by atoms with van der Waals surface area (Å²) in [4.78, 5) is 6.47. The van der Waals surface area contributed by atoms with E-state index in [9.17, 15) is 8.42 Å². The maximum absolute atomic E-state index is 12.2. The van der Waals surface area contributed by atoms with Gasteiger partial charge in [-0.15, -0.1) is 11.3 Å². The third-order valence-corrected chi connectivity index (χ3v) is 5.97. The van der Waals surface area contributed by atoms with Crippen molar-refractivity contribution in [2.45, 2.75) is 31.7 Å². The number of rotatable bonds is 7. The zero-order valence-electron chi connectivity index (χ0n) is 13.0. The van der Waals surface area contributed by atoms with Crippen molar-refractivity contribution in [1.82, 2.24) is 15.0 Å². The lowest BCUT2D eigenvalue weighted by Crippen LogP contribution is -2.33. The Bertz CT molecular complexity index is 712. The predicted octanol–water partition coefficient (Wildman–Crippen LogP) is 2.39. The summed E-state index contributed by atoms with van der Waals surface area (Å²) >= 11 is 1.49. The molecule has 0 aliphatic carbocycles. The fraction of sp³-hybridized carbons (Fsp3) is 0.400. The first-order chi connectivity index (χ1) is 10.4. The van der Waals surface area contributed by atoms with E-state index in [0.717, 1.165) is 15.4 Å². The molecular weight excluding hydrogens is 318 g/mol. The van der Waals surface area contributed by atoms with Crippen molar-refractivity contribution in [2.24, 2.45) is 0 Å². The Hall–Kier alpha value is -1.28. The van der Waals surface area contributed by atoms with E-state index in [-0.39, 0.29) is 6.04 Å². The molecule has 120 valence electrons. The van der Waals surface area contributed by atoms with Crippen LogP contribution in [0.1, 0.15) is 28.4 Å². The van der Waals surface area contributed by atoms with Gasteiger partial charge in [-0.3, -0.25) is 4.98 Å². The summed E-state index contributed by atoms with van der Waals surface area (Å²) in [6, 6.07) is 7.54. The molecule has 0 radical (unpaired) electrons. The molecule has 0 saturated heterocycles. The number of nitrogens with one attached hydrogen (secondary N) is 2. The van der Waals surface area contributed by atoms with Crippen molar-refractivity contribution in [3.05, 3.63) is 45.9 Å². The molecular formula is C15H21N3O2S2. The first-order valence-corrected chi connectivity index (χ1v) is 9.41.